The number of aromatic carboxylic acids is 1. The van der Waals surface area contributed by atoms with Gasteiger partial charge in [0.15, 0.2) is 0 Å². The molecule has 2 N–H and O–H groups in total. The van der Waals surface area contributed by atoms with Crippen LogP contribution in [-0.2, 0) is 6.54 Å². The number of nitrogens with one attached hydrogen (secondary N) is 1. The monoisotopic (exact) mass is 390 g/mol. The molecule has 2 saturated carbocycles. The Morgan fingerprint density at radius 3 is 2.69 bits per heavy atom. The molecule has 6 nitrogen and oxygen atoms in total. The molecule has 0 atom stereocenters. The highest BCUT2D eigenvalue weighted by molar-refractivity contribution is 5.94. The molecule has 0 amide bonds. The summed E-state index contributed by atoms with van der Waals surface area (Å²) in [5, 5.41) is 13.8. The van der Waals surface area contributed by atoms with Crippen molar-refractivity contribution in [1.29, 1.82) is 0 Å². The largest absolute Gasteiger partial charge is 0.478 e. The van der Waals surface area contributed by atoms with Crippen LogP contribution in [0.5, 0.6) is 0 Å². The number of aromatic nitrogens is 3. The lowest BCUT2D eigenvalue weighted by Crippen LogP contribution is -2.13. The van der Waals surface area contributed by atoms with Gasteiger partial charge < -0.3 is 15.0 Å². The summed E-state index contributed by atoms with van der Waals surface area (Å²) in [6.45, 7) is 1.02. The van der Waals surface area contributed by atoms with Crippen LogP contribution in [0.1, 0.15) is 66.8 Å². The van der Waals surface area contributed by atoms with Gasteiger partial charge in [-0.15, -0.1) is 0 Å². The zero-order valence-corrected chi connectivity index (χ0v) is 16.5. The third-order valence-corrected chi connectivity index (χ3v) is 6.23. The highest BCUT2D eigenvalue weighted by atomic mass is 16.4. The molecular formula is C23H26N4O2. The second-order valence-corrected chi connectivity index (χ2v) is 8.48. The predicted molar refractivity (Wildman–Crippen MR) is 113 cm³/mol. The van der Waals surface area contributed by atoms with Crippen LogP contribution in [0.15, 0.2) is 36.8 Å². The van der Waals surface area contributed by atoms with Crippen LogP contribution in [0.25, 0.3) is 11.0 Å². The Hall–Kier alpha value is -2.89. The Balaban J connectivity index is 1.38. The number of anilines is 2. The smallest absolute Gasteiger partial charge is 0.339 e. The third kappa shape index (κ3) is 3.84. The molecule has 150 valence electrons. The first-order valence-corrected chi connectivity index (χ1v) is 10.6. The summed E-state index contributed by atoms with van der Waals surface area (Å²) < 4.78 is 2.25. The summed E-state index contributed by atoms with van der Waals surface area (Å²) in [6, 6.07) is 5.85. The maximum atomic E-state index is 11.7. The SMILES string of the molecule is O=C(O)c1cc(C2CC2)cnc1Nc1cnc2c(ccn2CC2CCCCC2)c1. The van der Waals surface area contributed by atoms with E-state index in [9.17, 15) is 9.90 Å². The topological polar surface area (TPSA) is 80.0 Å². The van der Waals surface area contributed by atoms with E-state index in [1.165, 1.54) is 32.1 Å². The van der Waals surface area contributed by atoms with Crippen molar-refractivity contribution in [3.05, 3.63) is 47.9 Å². The minimum atomic E-state index is -0.963. The molecule has 0 bridgehead atoms. The van der Waals surface area contributed by atoms with E-state index < -0.39 is 5.97 Å². The normalized spacial score (nSPS) is 17.5. The first-order valence-electron chi connectivity index (χ1n) is 10.6. The lowest BCUT2D eigenvalue weighted by atomic mass is 9.89. The van der Waals surface area contributed by atoms with Gasteiger partial charge in [-0.1, -0.05) is 19.3 Å². The zero-order chi connectivity index (χ0) is 19.8. The van der Waals surface area contributed by atoms with Crippen LogP contribution in [-0.4, -0.2) is 25.6 Å². The van der Waals surface area contributed by atoms with E-state index in [0.29, 0.717) is 11.7 Å². The Kier molecular flexibility index (Phi) is 4.70. The van der Waals surface area contributed by atoms with Gasteiger partial charge in [0, 0.05) is 24.3 Å². The molecule has 2 fully saturated rings. The molecule has 0 spiro atoms. The van der Waals surface area contributed by atoms with Crippen molar-refractivity contribution in [3.63, 3.8) is 0 Å². The minimum absolute atomic E-state index is 0.212. The predicted octanol–water partition coefficient (Wildman–Crippen LogP) is 5.33. The van der Waals surface area contributed by atoms with Gasteiger partial charge in [0.05, 0.1) is 11.9 Å². The number of pyridine rings is 2. The van der Waals surface area contributed by atoms with Crippen molar-refractivity contribution in [2.75, 3.05) is 5.32 Å². The standard InChI is InChI=1S/C23H26N4O2/c28-23(29)20-11-18(16-6-7-16)12-24-21(20)26-19-10-17-8-9-27(22(17)25-13-19)14-15-4-2-1-3-5-15/h8-13,15-16H,1-7,14H2,(H,24,26)(H,28,29). The maximum Gasteiger partial charge on any atom is 0.339 e. The van der Waals surface area contributed by atoms with Crippen molar-refractivity contribution < 1.29 is 9.90 Å². The molecule has 5 rings (SSSR count). The van der Waals surface area contributed by atoms with Gasteiger partial charge in [0.1, 0.15) is 17.0 Å². The minimum Gasteiger partial charge on any atom is -0.478 e. The fourth-order valence-corrected chi connectivity index (χ4v) is 4.46. The molecular weight excluding hydrogens is 364 g/mol. The quantitative estimate of drug-likeness (QED) is 0.594. The molecule has 3 aromatic heterocycles. The van der Waals surface area contributed by atoms with Gasteiger partial charge in [-0.25, -0.2) is 14.8 Å². The van der Waals surface area contributed by atoms with E-state index in [4.69, 9.17) is 0 Å². The van der Waals surface area contributed by atoms with E-state index in [1.54, 1.807) is 18.5 Å². The van der Waals surface area contributed by atoms with Gasteiger partial charge in [-0.3, -0.25) is 0 Å². The fraction of sp³-hybridized carbons (Fsp3) is 0.435. The number of carbonyl (C=O) groups is 1. The Bertz CT molecular complexity index is 1050. The van der Waals surface area contributed by atoms with Crippen molar-refractivity contribution in [1.82, 2.24) is 14.5 Å². The van der Waals surface area contributed by atoms with Crippen LogP contribution in [0, 0.1) is 5.92 Å². The zero-order valence-electron chi connectivity index (χ0n) is 16.5. The van der Waals surface area contributed by atoms with Crippen LogP contribution >= 0.6 is 0 Å². The summed E-state index contributed by atoms with van der Waals surface area (Å²) in [7, 11) is 0. The van der Waals surface area contributed by atoms with Crippen LogP contribution in [0.2, 0.25) is 0 Å². The fourth-order valence-electron chi connectivity index (χ4n) is 4.46. The van der Waals surface area contributed by atoms with E-state index in [1.807, 2.05) is 6.07 Å². The lowest BCUT2D eigenvalue weighted by molar-refractivity contribution is 0.0697. The van der Waals surface area contributed by atoms with Gasteiger partial charge in [0.2, 0.25) is 0 Å². The Morgan fingerprint density at radius 2 is 1.93 bits per heavy atom. The van der Waals surface area contributed by atoms with Gasteiger partial charge in [-0.05, 0) is 61.3 Å². The number of hydrogen-bond acceptors (Lipinski definition) is 4. The van der Waals surface area contributed by atoms with E-state index >= 15 is 0 Å². The summed E-state index contributed by atoms with van der Waals surface area (Å²) in [5.41, 5.74) is 2.96. The molecule has 0 aromatic carbocycles. The first-order chi connectivity index (χ1) is 14.2. The molecule has 0 aliphatic heterocycles. The molecule has 0 unspecified atom stereocenters. The number of carboxylic acid groups (broad SMARTS) is 1. The molecule has 6 heteroatoms. The molecule has 29 heavy (non-hydrogen) atoms. The van der Waals surface area contributed by atoms with E-state index in [0.717, 1.165) is 47.6 Å². The maximum absolute atomic E-state index is 11.7. The number of fused-ring (bicyclic) bond motifs is 1. The average molecular weight is 390 g/mol. The second-order valence-electron chi connectivity index (χ2n) is 8.48. The molecule has 2 aliphatic rings. The summed E-state index contributed by atoms with van der Waals surface area (Å²) >= 11 is 0. The number of nitrogens with zero attached hydrogens (tertiary/aromatic N) is 3. The number of carboxylic acids is 1. The van der Waals surface area contributed by atoms with Gasteiger partial charge in [0.25, 0.3) is 0 Å². The van der Waals surface area contributed by atoms with Crippen LogP contribution in [0.4, 0.5) is 11.5 Å². The molecule has 0 saturated heterocycles. The van der Waals surface area contributed by atoms with Crippen LogP contribution in [0.3, 0.4) is 0 Å². The Labute approximate surface area is 170 Å². The molecule has 3 heterocycles. The number of rotatable bonds is 6. The van der Waals surface area contributed by atoms with Gasteiger partial charge in [-0.2, -0.15) is 0 Å². The van der Waals surface area contributed by atoms with Crippen molar-refractivity contribution in [3.8, 4) is 0 Å². The van der Waals surface area contributed by atoms with Gasteiger partial charge >= 0.3 is 5.97 Å². The summed E-state index contributed by atoms with van der Waals surface area (Å²) in [4.78, 5) is 20.8. The Morgan fingerprint density at radius 1 is 1.10 bits per heavy atom. The van der Waals surface area contributed by atoms with E-state index in [2.05, 4.69) is 32.1 Å². The van der Waals surface area contributed by atoms with Crippen LogP contribution < -0.4 is 5.32 Å². The lowest BCUT2D eigenvalue weighted by Gasteiger charge is -2.22. The van der Waals surface area contributed by atoms with Crippen molar-refractivity contribution >= 4 is 28.5 Å². The second kappa shape index (κ2) is 7.50. The first kappa shape index (κ1) is 18.2. The summed E-state index contributed by atoms with van der Waals surface area (Å²) in [6.07, 6.45) is 14.6. The highest BCUT2D eigenvalue weighted by Crippen LogP contribution is 2.40. The number of hydrogen-bond donors (Lipinski definition) is 2. The average Bonchev–Trinajstić information content (AvgIpc) is 3.51. The summed E-state index contributed by atoms with van der Waals surface area (Å²) in [5.74, 6) is 0.614. The van der Waals surface area contributed by atoms with Crippen molar-refractivity contribution in [2.45, 2.75) is 57.4 Å². The van der Waals surface area contributed by atoms with Crippen molar-refractivity contribution in [2.24, 2.45) is 5.92 Å². The van der Waals surface area contributed by atoms with E-state index in [-0.39, 0.29) is 5.56 Å². The molecule has 0 radical (unpaired) electrons. The highest BCUT2D eigenvalue weighted by Gasteiger charge is 2.26. The molecule has 2 aliphatic carbocycles. The third-order valence-electron chi connectivity index (χ3n) is 6.23. The molecule has 3 aromatic rings.